The molecule has 0 bridgehead atoms. The molecule has 0 radical (unpaired) electrons. The average molecular weight is 477 g/mol. The first-order valence-electron chi connectivity index (χ1n) is 10.7. The number of esters is 1. The quantitative estimate of drug-likeness (QED) is 0.534. The molecule has 33 heavy (non-hydrogen) atoms. The van der Waals surface area contributed by atoms with Crippen LogP contribution >= 0.6 is 0 Å². The first-order valence-corrected chi connectivity index (χ1v) is 12.2. The van der Waals surface area contributed by atoms with Gasteiger partial charge in [-0.05, 0) is 42.2 Å². The molecule has 0 saturated carbocycles. The van der Waals surface area contributed by atoms with Crippen LogP contribution in [-0.4, -0.2) is 46.2 Å². The van der Waals surface area contributed by atoms with Crippen LogP contribution in [0.25, 0.3) is 0 Å². The van der Waals surface area contributed by atoms with E-state index in [0.717, 1.165) is 12.0 Å². The lowest BCUT2D eigenvalue weighted by Gasteiger charge is -2.22. The Morgan fingerprint density at radius 3 is 2.33 bits per heavy atom. The summed E-state index contributed by atoms with van der Waals surface area (Å²) in [6.45, 7) is 5.54. The molecule has 0 aromatic heterocycles. The lowest BCUT2D eigenvalue weighted by molar-refractivity contribution is -0.150. The van der Waals surface area contributed by atoms with Gasteiger partial charge in [-0.3, -0.25) is 9.59 Å². The molecule has 0 unspecified atom stereocenters. The van der Waals surface area contributed by atoms with Crippen molar-refractivity contribution in [3.05, 3.63) is 48.0 Å². The second-order valence-corrected chi connectivity index (χ2v) is 9.57. The molecular formula is C23H28N2O7S. The molecule has 0 fully saturated rings. The summed E-state index contributed by atoms with van der Waals surface area (Å²) in [4.78, 5) is 24.7. The van der Waals surface area contributed by atoms with Crippen molar-refractivity contribution in [3.8, 4) is 11.5 Å². The normalized spacial score (nSPS) is 13.9. The van der Waals surface area contributed by atoms with Crippen LogP contribution in [0.15, 0.2) is 47.4 Å². The molecule has 1 atom stereocenters. The summed E-state index contributed by atoms with van der Waals surface area (Å²) in [5.41, 5.74) is 1.71. The summed E-state index contributed by atoms with van der Waals surface area (Å²) in [6.07, 6.45) is 0.880. The lowest BCUT2D eigenvalue weighted by atomic mass is 10.1. The number of sulfonamides is 1. The average Bonchev–Trinajstić information content (AvgIpc) is 2.81. The molecule has 178 valence electrons. The molecule has 10 heteroatoms. The molecule has 0 spiro atoms. The summed E-state index contributed by atoms with van der Waals surface area (Å²) in [5, 5.41) is 2.64. The molecule has 2 aromatic carbocycles. The fourth-order valence-corrected chi connectivity index (χ4v) is 4.48. The Balaban J connectivity index is 1.61. The van der Waals surface area contributed by atoms with Gasteiger partial charge >= 0.3 is 5.97 Å². The minimum atomic E-state index is -4.06. The number of hydrogen-bond donors (Lipinski definition) is 2. The van der Waals surface area contributed by atoms with Gasteiger partial charge in [0.2, 0.25) is 10.0 Å². The topological polar surface area (TPSA) is 120 Å². The van der Waals surface area contributed by atoms with Gasteiger partial charge in [-0.15, -0.1) is 0 Å². The van der Waals surface area contributed by atoms with Crippen LogP contribution in [-0.2, 0) is 30.8 Å². The Bertz CT molecular complexity index is 1100. The molecule has 0 saturated heterocycles. The van der Waals surface area contributed by atoms with E-state index in [2.05, 4.69) is 10.0 Å². The van der Waals surface area contributed by atoms with Crippen LogP contribution in [0.4, 0.5) is 5.69 Å². The van der Waals surface area contributed by atoms with Gasteiger partial charge in [-0.1, -0.05) is 32.9 Å². The van der Waals surface area contributed by atoms with Crippen molar-refractivity contribution >= 4 is 27.6 Å². The van der Waals surface area contributed by atoms with Crippen LogP contribution in [0.1, 0.15) is 26.3 Å². The highest BCUT2D eigenvalue weighted by molar-refractivity contribution is 7.89. The highest BCUT2D eigenvalue weighted by Gasteiger charge is 2.31. The maximum Gasteiger partial charge on any atom is 0.324 e. The molecule has 0 aliphatic carbocycles. The molecule has 2 aromatic rings. The first kappa shape index (κ1) is 24.5. The summed E-state index contributed by atoms with van der Waals surface area (Å²) in [7, 11) is -4.06. The highest BCUT2D eigenvalue weighted by atomic mass is 32.2. The predicted octanol–water partition coefficient (Wildman–Crippen LogP) is 2.50. The Hall–Kier alpha value is -3.11. The third-order valence-electron chi connectivity index (χ3n) is 5.02. The summed E-state index contributed by atoms with van der Waals surface area (Å²) < 4.78 is 44.1. The zero-order valence-corrected chi connectivity index (χ0v) is 19.6. The van der Waals surface area contributed by atoms with Crippen LogP contribution < -0.4 is 19.5 Å². The van der Waals surface area contributed by atoms with Crippen molar-refractivity contribution < 1.29 is 32.2 Å². The number of amides is 1. The second kappa shape index (κ2) is 10.7. The van der Waals surface area contributed by atoms with E-state index in [1.54, 1.807) is 26.0 Å². The first-order chi connectivity index (χ1) is 15.7. The predicted molar refractivity (Wildman–Crippen MR) is 122 cm³/mol. The van der Waals surface area contributed by atoms with Crippen LogP contribution in [0.5, 0.6) is 11.5 Å². The van der Waals surface area contributed by atoms with Gasteiger partial charge in [0.05, 0.1) is 4.90 Å². The lowest BCUT2D eigenvalue weighted by Crippen LogP contribution is -2.45. The Kier molecular flexibility index (Phi) is 7.93. The van der Waals surface area contributed by atoms with E-state index in [-0.39, 0.29) is 4.90 Å². The van der Waals surface area contributed by atoms with E-state index in [9.17, 15) is 18.0 Å². The van der Waals surface area contributed by atoms with Crippen molar-refractivity contribution in [2.45, 2.75) is 38.1 Å². The van der Waals surface area contributed by atoms with Crippen molar-refractivity contribution in [1.29, 1.82) is 0 Å². The summed E-state index contributed by atoms with van der Waals surface area (Å²) in [5.74, 6) is -1.02. The van der Waals surface area contributed by atoms with E-state index >= 15 is 0 Å². The fraction of sp³-hybridized carbons (Fsp3) is 0.391. The molecular weight excluding hydrogens is 448 g/mol. The number of hydrogen-bond acceptors (Lipinski definition) is 7. The summed E-state index contributed by atoms with van der Waals surface area (Å²) in [6, 6.07) is 10.3. The number of rotatable bonds is 9. The number of ether oxygens (including phenoxy) is 3. The fourth-order valence-electron chi connectivity index (χ4n) is 3.13. The molecule has 9 nitrogen and oxygen atoms in total. The van der Waals surface area contributed by atoms with E-state index < -0.39 is 40.5 Å². The molecule has 2 N–H and O–H groups in total. The van der Waals surface area contributed by atoms with E-state index in [4.69, 9.17) is 14.2 Å². The van der Waals surface area contributed by atoms with E-state index in [1.807, 2.05) is 19.1 Å². The number of aryl methyl sites for hydroxylation is 1. The molecule has 3 rings (SSSR count). The number of nitrogens with one attached hydrogen (secondary N) is 2. The number of carbonyl (C=O) groups excluding carboxylic acids is 2. The highest BCUT2D eigenvalue weighted by Crippen LogP contribution is 2.32. The van der Waals surface area contributed by atoms with Gasteiger partial charge in [0.1, 0.15) is 19.3 Å². The zero-order chi connectivity index (χ0) is 24.0. The molecule has 1 aliphatic rings. The molecule has 1 heterocycles. The van der Waals surface area contributed by atoms with Gasteiger partial charge < -0.3 is 19.5 Å². The third-order valence-corrected chi connectivity index (χ3v) is 6.46. The largest absolute Gasteiger partial charge is 0.486 e. The Morgan fingerprint density at radius 1 is 1.03 bits per heavy atom. The monoisotopic (exact) mass is 476 g/mol. The van der Waals surface area contributed by atoms with Gasteiger partial charge in [-0.2, -0.15) is 4.72 Å². The zero-order valence-electron chi connectivity index (χ0n) is 18.8. The van der Waals surface area contributed by atoms with Crippen LogP contribution in [0.2, 0.25) is 0 Å². The van der Waals surface area contributed by atoms with Gasteiger partial charge in [-0.25, -0.2) is 8.42 Å². The molecule has 1 aliphatic heterocycles. The van der Waals surface area contributed by atoms with Crippen molar-refractivity contribution in [3.63, 3.8) is 0 Å². The summed E-state index contributed by atoms with van der Waals surface area (Å²) >= 11 is 0. The number of carbonyl (C=O) groups is 2. The van der Waals surface area contributed by atoms with Crippen molar-refractivity contribution in [2.24, 2.45) is 5.92 Å². The van der Waals surface area contributed by atoms with Crippen molar-refractivity contribution in [1.82, 2.24) is 4.72 Å². The minimum Gasteiger partial charge on any atom is -0.486 e. The van der Waals surface area contributed by atoms with Crippen LogP contribution in [0, 0.1) is 5.92 Å². The number of anilines is 1. The van der Waals surface area contributed by atoms with Gasteiger partial charge in [0.25, 0.3) is 5.91 Å². The Morgan fingerprint density at radius 2 is 1.70 bits per heavy atom. The maximum atomic E-state index is 12.9. The number of benzene rings is 2. The van der Waals surface area contributed by atoms with E-state index in [1.165, 1.54) is 18.2 Å². The maximum absolute atomic E-state index is 12.9. The van der Waals surface area contributed by atoms with Gasteiger partial charge in [0.15, 0.2) is 18.1 Å². The standard InChI is InChI=1S/C23H28N2O7S/c1-4-16-5-7-17(8-6-16)24-21(26)14-32-23(27)22(15(2)3)25-33(28,29)18-9-10-19-20(13-18)31-12-11-30-19/h5-10,13,15,22,25H,4,11-12,14H2,1-3H3,(H,24,26)/t22-/m1/s1. The minimum absolute atomic E-state index is 0.0709. The van der Waals surface area contributed by atoms with Gasteiger partial charge in [0, 0.05) is 11.8 Å². The van der Waals surface area contributed by atoms with Crippen molar-refractivity contribution in [2.75, 3.05) is 25.1 Å². The smallest absolute Gasteiger partial charge is 0.324 e. The van der Waals surface area contributed by atoms with E-state index in [0.29, 0.717) is 30.4 Å². The number of fused-ring (bicyclic) bond motifs is 1. The molecule has 1 amide bonds. The third kappa shape index (κ3) is 6.45. The van der Waals surface area contributed by atoms with Crippen LogP contribution in [0.3, 0.4) is 0 Å². The second-order valence-electron chi connectivity index (χ2n) is 7.85. The SMILES string of the molecule is CCc1ccc(NC(=O)COC(=O)[C@H](NS(=O)(=O)c2ccc3c(c2)OCCO3)C(C)C)cc1. The Labute approximate surface area is 193 Å².